The van der Waals surface area contributed by atoms with E-state index in [0.29, 0.717) is 0 Å². The van der Waals surface area contributed by atoms with Crippen LogP contribution in [-0.4, -0.2) is 18.9 Å². The summed E-state index contributed by atoms with van der Waals surface area (Å²) in [5.74, 6) is -0.648. The lowest BCUT2D eigenvalue weighted by atomic mass is 10.1. The van der Waals surface area contributed by atoms with Crippen molar-refractivity contribution in [3.05, 3.63) is 65.9 Å². The van der Waals surface area contributed by atoms with Crippen LogP contribution < -0.4 is 10.6 Å². The second-order valence-electron chi connectivity index (χ2n) is 5.32. The van der Waals surface area contributed by atoms with Crippen LogP contribution in [0, 0.1) is 11.3 Å². The fourth-order valence-corrected chi connectivity index (χ4v) is 2.53. The number of carbonyl (C=O) groups excluding carboxylic acids is 1. The molecular formula is C18H17N3O4S. The summed E-state index contributed by atoms with van der Waals surface area (Å²) in [5, 5.41) is 14.5. The minimum Gasteiger partial charge on any atom is -0.360 e. The molecule has 0 radical (unpaired) electrons. The summed E-state index contributed by atoms with van der Waals surface area (Å²) >= 11 is 0. The fraction of sp³-hybridized carbons (Fsp3) is 0.111. The van der Waals surface area contributed by atoms with Crippen LogP contribution in [0.15, 0.2) is 65.2 Å². The number of nitrogens with zero attached hydrogens (tertiary/aromatic N) is 1. The van der Waals surface area contributed by atoms with E-state index in [9.17, 15) is 13.2 Å². The number of hydrogen-bond donors (Lipinski definition) is 3. The Bertz CT molecular complexity index is 957. The monoisotopic (exact) mass is 371 g/mol. The van der Waals surface area contributed by atoms with Crippen LogP contribution in [0.25, 0.3) is 0 Å². The third kappa shape index (κ3) is 5.17. The number of carbonyl (C=O) groups is 1. The zero-order chi connectivity index (χ0) is 19.2. The maximum absolute atomic E-state index is 12.1. The van der Waals surface area contributed by atoms with Crippen molar-refractivity contribution in [3.63, 3.8) is 0 Å². The SMILES string of the molecule is CCc1ccc(N/C=C(/C#N)C(=O)Nc2ccc(S(=O)(=O)O)cc2)cc1. The van der Waals surface area contributed by atoms with Crippen LogP contribution in [-0.2, 0) is 21.3 Å². The first kappa shape index (κ1) is 19.2. The van der Waals surface area contributed by atoms with E-state index < -0.39 is 16.0 Å². The molecular weight excluding hydrogens is 354 g/mol. The van der Waals surface area contributed by atoms with Gasteiger partial charge in [0.25, 0.3) is 16.0 Å². The van der Waals surface area contributed by atoms with Gasteiger partial charge < -0.3 is 10.6 Å². The van der Waals surface area contributed by atoms with Crippen molar-refractivity contribution in [1.29, 1.82) is 5.26 Å². The molecule has 0 aromatic heterocycles. The zero-order valence-corrected chi connectivity index (χ0v) is 14.7. The first-order chi connectivity index (χ1) is 12.3. The average molecular weight is 371 g/mol. The van der Waals surface area contributed by atoms with Gasteiger partial charge >= 0.3 is 0 Å². The molecule has 0 bridgehead atoms. The molecule has 0 fully saturated rings. The van der Waals surface area contributed by atoms with Gasteiger partial charge in [-0.15, -0.1) is 0 Å². The van der Waals surface area contributed by atoms with Crippen molar-refractivity contribution >= 4 is 27.4 Å². The summed E-state index contributed by atoms with van der Waals surface area (Å²) in [7, 11) is -4.30. The molecule has 0 aliphatic heterocycles. The normalized spacial score (nSPS) is 11.5. The topological polar surface area (TPSA) is 119 Å². The van der Waals surface area contributed by atoms with Gasteiger partial charge in [-0.1, -0.05) is 19.1 Å². The van der Waals surface area contributed by atoms with Crippen molar-refractivity contribution in [2.24, 2.45) is 0 Å². The second-order valence-corrected chi connectivity index (χ2v) is 6.74. The molecule has 0 heterocycles. The van der Waals surface area contributed by atoms with Gasteiger partial charge in [0, 0.05) is 17.6 Å². The van der Waals surface area contributed by atoms with Crippen molar-refractivity contribution < 1.29 is 17.8 Å². The summed E-state index contributed by atoms with van der Waals surface area (Å²) in [6.07, 6.45) is 2.21. The van der Waals surface area contributed by atoms with Crippen molar-refractivity contribution in [2.45, 2.75) is 18.2 Å². The number of nitrogens with one attached hydrogen (secondary N) is 2. The first-order valence-electron chi connectivity index (χ1n) is 7.68. The molecule has 7 nitrogen and oxygen atoms in total. The van der Waals surface area contributed by atoms with Crippen LogP contribution in [0.3, 0.4) is 0 Å². The molecule has 2 rings (SSSR count). The average Bonchev–Trinajstić information content (AvgIpc) is 2.62. The van der Waals surface area contributed by atoms with E-state index in [-0.39, 0.29) is 16.2 Å². The third-order valence-corrected chi connectivity index (χ3v) is 4.39. The lowest BCUT2D eigenvalue weighted by Gasteiger charge is -2.06. The molecule has 26 heavy (non-hydrogen) atoms. The van der Waals surface area contributed by atoms with Crippen molar-refractivity contribution in [1.82, 2.24) is 0 Å². The molecule has 8 heteroatoms. The van der Waals surface area contributed by atoms with Crippen LogP contribution in [0.5, 0.6) is 0 Å². The largest absolute Gasteiger partial charge is 0.360 e. The Morgan fingerprint density at radius 1 is 1.12 bits per heavy atom. The Morgan fingerprint density at radius 3 is 2.19 bits per heavy atom. The Hall–Kier alpha value is -3.15. The maximum Gasteiger partial charge on any atom is 0.294 e. The lowest BCUT2D eigenvalue weighted by Crippen LogP contribution is -2.14. The predicted molar refractivity (Wildman–Crippen MR) is 98.0 cm³/mol. The highest BCUT2D eigenvalue weighted by molar-refractivity contribution is 7.85. The minimum absolute atomic E-state index is 0.150. The Labute approximate surface area is 151 Å². The quantitative estimate of drug-likeness (QED) is 0.408. The molecule has 2 aromatic carbocycles. The molecule has 134 valence electrons. The smallest absolute Gasteiger partial charge is 0.294 e. The number of rotatable bonds is 6. The second kappa shape index (κ2) is 8.29. The van der Waals surface area contributed by atoms with Crippen LogP contribution in [0.4, 0.5) is 11.4 Å². The number of aryl methyl sites for hydroxylation is 1. The summed E-state index contributed by atoms with van der Waals surface area (Å²) in [4.78, 5) is 11.8. The van der Waals surface area contributed by atoms with Gasteiger partial charge in [0.1, 0.15) is 11.6 Å². The standard InChI is InChI=1S/C18H17N3O4S/c1-2-13-3-5-15(6-4-13)20-12-14(11-19)18(22)21-16-7-9-17(10-8-16)26(23,24)25/h3-10,12,20H,2H2,1H3,(H,21,22)(H,23,24,25)/b14-12-. The van der Waals surface area contributed by atoms with Gasteiger partial charge in [-0.2, -0.15) is 13.7 Å². The molecule has 0 aliphatic carbocycles. The molecule has 0 unspecified atom stereocenters. The number of amides is 1. The van der Waals surface area contributed by atoms with Gasteiger partial charge in [-0.3, -0.25) is 9.35 Å². The lowest BCUT2D eigenvalue weighted by molar-refractivity contribution is -0.112. The number of benzene rings is 2. The van der Waals surface area contributed by atoms with Crippen LogP contribution >= 0.6 is 0 Å². The molecule has 0 spiro atoms. The number of anilines is 2. The number of hydrogen-bond acceptors (Lipinski definition) is 5. The summed E-state index contributed by atoms with van der Waals surface area (Å²) in [5.41, 5.74) is 2.05. The molecule has 0 aliphatic rings. The number of nitriles is 1. The van der Waals surface area contributed by atoms with Crippen molar-refractivity contribution in [3.8, 4) is 6.07 Å². The van der Waals surface area contributed by atoms with E-state index in [1.807, 2.05) is 31.2 Å². The summed E-state index contributed by atoms with van der Waals surface area (Å²) in [6.45, 7) is 2.04. The van der Waals surface area contributed by atoms with E-state index in [1.165, 1.54) is 23.9 Å². The van der Waals surface area contributed by atoms with Crippen molar-refractivity contribution in [2.75, 3.05) is 10.6 Å². The fourth-order valence-electron chi connectivity index (χ4n) is 2.05. The summed E-state index contributed by atoms with van der Waals surface area (Å²) in [6, 6.07) is 14.3. The molecule has 0 saturated heterocycles. The molecule has 2 aromatic rings. The molecule has 1 amide bonds. The highest BCUT2D eigenvalue weighted by atomic mass is 32.2. The Balaban J connectivity index is 2.06. The molecule has 3 N–H and O–H groups in total. The van der Waals surface area contributed by atoms with Gasteiger partial charge in [0.2, 0.25) is 0 Å². The van der Waals surface area contributed by atoms with Crippen LogP contribution in [0.1, 0.15) is 12.5 Å². The Kier molecular flexibility index (Phi) is 6.11. The highest BCUT2D eigenvalue weighted by Crippen LogP contribution is 2.15. The van der Waals surface area contributed by atoms with E-state index in [1.54, 1.807) is 6.07 Å². The van der Waals surface area contributed by atoms with E-state index in [4.69, 9.17) is 9.81 Å². The third-order valence-electron chi connectivity index (χ3n) is 3.52. The minimum atomic E-state index is -4.30. The summed E-state index contributed by atoms with van der Waals surface area (Å²) < 4.78 is 30.9. The van der Waals surface area contributed by atoms with Gasteiger partial charge in [0.05, 0.1) is 4.90 Å². The molecule has 0 saturated carbocycles. The predicted octanol–water partition coefficient (Wildman–Crippen LogP) is 2.95. The van der Waals surface area contributed by atoms with Crippen LogP contribution in [0.2, 0.25) is 0 Å². The zero-order valence-electron chi connectivity index (χ0n) is 13.9. The van der Waals surface area contributed by atoms with Gasteiger partial charge in [-0.05, 0) is 48.4 Å². The van der Waals surface area contributed by atoms with Gasteiger partial charge in [-0.25, -0.2) is 0 Å². The van der Waals surface area contributed by atoms with E-state index in [0.717, 1.165) is 24.2 Å². The maximum atomic E-state index is 12.1. The van der Waals surface area contributed by atoms with Gasteiger partial charge in [0.15, 0.2) is 0 Å². The Morgan fingerprint density at radius 2 is 1.69 bits per heavy atom. The van der Waals surface area contributed by atoms with E-state index >= 15 is 0 Å². The molecule has 0 atom stereocenters. The van der Waals surface area contributed by atoms with E-state index in [2.05, 4.69) is 10.6 Å². The first-order valence-corrected chi connectivity index (χ1v) is 9.12. The highest BCUT2D eigenvalue weighted by Gasteiger charge is 2.12.